The molecule has 0 spiro atoms. The van der Waals surface area contributed by atoms with E-state index in [1.54, 1.807) is 18.2 Å². The Labute approximate surface area is 154 Å². The molecule has 0 bridgehead atoms. The number of fused-ring (bicyclic) bond motifs is 2. The average Bonchev–Trinajstić information content (AvgIpc) is 3.13. The van der Waals surface area contributed by atoms with Crippen molar-refractivity contribution < 1.29 is 29.3 Å². The van der Waals surface area contributed by atoms with Gasteiger partial charge in [-0.3, -0.25) is 14.2 Å². The van der Waals surface area contributed by atoms with Crippen molar-refractivity contribution in [2.24, 2.45) is 4.99 Å². The molecule has 1 aromatic heterocycles. The van der Waals surface area contributed by atoms with E-state index in [0.29, 0.717) is 22.1 Å². The van der Waals surface area contributed by atoms with Crippen LogP contribution < -0.4 is 20.0 Å². The minimum atomic E-state index is -1.13. The van der Waals surface area contributed by atoms with Crippen molar-refractivity contribution in [1.29, 1.82) is 0 Å². The SMILES string of the molecule is O=C(O)Cn1c(O)c(/C=C2/C=c3cc4c(cc3=NC2=O)OCO4)sc1=S. The molecule has 3 heterocycles. The molecule has 132 valence electrons. The van der Waals surface area contributed by atoms with E-state index in [2.05, 4.69) is 4.99 Å². The first-order chi connectivity index (χ1) is 12.4. The number of aliphatic carboxylic acids is 1. The highest BCUT2D eigenvalue weighted by Crippen LogP contribution is 2.30. The smallest absolute Gasteiger partial charge is 0.323 e. The lowest BCUT2D eigenvalue weighted by molar-refractivity contribution is -0.137. The Hall–Kier alpha value is -2.98. The maximum Gasteiger partial charge on any atom is 0.323 e. The first-order valence-corrected chi connectivity index (χ1v) is 8.55. The Bertz CT molecular complexity index is 1170. The van der Waals surface area contributed by atoms with Crippen LogP contribution in [0.25, 0.3) is 12.2 Å². The monoisotopic (exact) mass is 390 g/mol. The highest BCUT2D eigenvalue weighted by atomic mass is 32.1. The Kier molecular flexibility index (Phi) is 3.85. The van der Waals surface area contributed by atoms with Gasteiger partial charge in [0.05, 0.1) is 10.2 Å². The molecule has 2 N–H and O–H groups in total. The molecule has 26 heavy (non-hydrogen) atoms. The zero-order valence-corrected chi connectivity index (χ0v) is 14.6. The van der Waals surface area contributed by atoms with Crippen LogP contribution in [0.1, 0.15) is 4.88 Å². The lowest BCUT2D eigenvalue weighted by atomic mass is 10.1. The number of benzene rings is 1. The summed E-state index contributed by atoms with van der Waals surface area (Å²) < 4.78 is 11.9. The summed E-state index contributed by atoms with van der Waals surface area (Å²) in [6, 6.07) is 3.35. The number of rotatable bonds is 3. The molecule has 2 aromatic rings. The van der Waals surface area contributed by atoms with Crippen LogP contribution >= 0.6 is 23.6 Å². The van der Waals surface area contributed by atoms with Crippen molar-refractivity contribution >= 4 is 47.6 Å². The number of hydrogen-bond acceptors (Lipinski definition) is 7. The fourth-order valence-corrected chi connectivity index (χ4v) is 3.85. The van der Waals surface area contributed by atoms with Gasteiger partial charge < -0.3 is 19.7 Å². The first-order valence-electron chi connectivity index (χ1n) is 7.33. The number of carboxylic acid groups (broad SMARTS) is 1. The molecule has 1 amide bonds. The summed E-state index contributed by atoms with van der Waals surface area (Å²) in [6.45, 7) is -0.345. The van der Waals surface area contributed by atoms with E-state index >= 15 is 0 Å². The number of carbonyl (C=O) groups is 2. The summed E-state index contributed by atoms with van der Waals surface area (Å²) in [7, 11) is 0. The fourth-order valence-electron chi connectivity index (χ4n) is 2.59. The van der Waals surface area contributed by atoms with Crippen LogP contribution in [0.3, 0.4) is 0 Å². The first kappa shape index (κ1) is 16.5. The van der Waals surface area contributed by atoms with Gasteiger partial charge in [-0.25, -0.2) is 4.99 Å². The predicted molar refractivity (Wildman–Crippen MR) is 93.2 cm³/mol. The number of ether oxygens (including phenoxy) is 2. The second-order valence-electron chi connectivity index (χ2n) is 5.46. The lowest BCUT2D eigenvalue weighted by Crippen LogP contribution is -2.30. The Morgan fingerprint density at radius 1 is 1.38 bits per heavy atom. The second-order valence-corrected chi connectivity index (χ2v) is 7.14. The van der Waals surface area contributed by atoms with Crippen LogP contribution in [-0.2, 0) is 16.1 Å². The topological polar surface area (TPSA) is 110 Å². The van der Waals surface area contributed by atoms with Gasteiger partial charge in [0.1, 0.15) is 6.54 Å². The van der Waals surface area contributed by atoms with E-state index in [-0.39, 0.29) is 27.1 Å². The number of aromatic nitrogens is 1. The zero-order chi connectivity index (χ0) is 18.4. The van der Waals surface area contributed by atoms with Gasteiger partial charge in [-0.15, -0.1) is 11.3 Å². The fraction of sp³-hybridized carbons (Fsp3) is 0.125. The van der Waals surface area contributed by atoms with Crippen LogP contribution in [0.2, 0.25) is 0 Å². The summed E-state index contributed by atoms with van der Waals surface area (Å²) in [5.74, 6) is -0.821. The molecule has 0 fully saturated rings. The Morgan fingerprint density at radius 3 is 2.85 bits per heavy atom. The van der Waals surface area contributed by atoms with Crippen LogP contribution in [0.4, 0.5) is 0 Å². The zero-order valence-electron chi connectivity index (χ0n) is 13.0. The maximum atomic E-state index is 12.3. The second kappa shape index (κ2) is 6.07. The molecule has 0 saturated heterocycles. The van der Waals surface area contributed by atoms with Gasteiger partial charge in [0.15, 0.2) is 15.5 Å². The highest BCUT2D eigenvalue weighted by Gasteiger charge is 2.19. The normalized spacial score (nSPS) is 16.2. The van der Waals surface area contributed by atoms with Crippen LogP contribution in [0, 0.1) is 3.95 Å². The highest BCUT2D eigenvalue weighted by molar-refractivity contribution is 7.73. The third-order valence-electron chi connectivity index (χ3n) is 3.78. The largest absolute Gasteiger partial charge is 0.493 e. The van der Waals surface area contributed by atoms with E-state index < -0.39 is 18.4 Å². The molecule has 2 aliphatic rings. The van der Waals surface area contributed by atoms with E-state index in [0.717, 1.165) is 15.9 Å². The van der Waals surface area contributed by atoms with Crippen LogP contribution in [-0.4, -0.2) is 33.4 Å². The average molecular weight is 390 g/mol. The number of nitrogens with zero attached hydrogens (tertiary/aromatic N) is 2. The number of amides is 1. The number of aromatic hydroxyl groups is 1. The molecule has 0 unspecified atom stereocenters. The third kappa shape index (κ3) is 2.78. The third-order valence-corrected chi connectivity index (χ3v) is 5.16. The number of carbonyl (C=O) groups excluding carboxylic acids is 1. The molecule has 0 saturated carbocycles. The van der Waals surface area contributed by atoms with Crippen molar-refractivity contribution in [3.63, 3.8) is 0 Å². The van der Waals surface area contributed by atoms with E-state index in [9.17, 15) is 14.7 Å². The maximum absolute atomic E-state index is 12.3. The van der Waals surface area contributed by atoms with Gasteiger partial charge in [-0.2, -0.15) is 0 Å². The molecular weight excluding hydrogens is 380 g/mol. The number of hydrogen-bond donors (Lipinski definition) is 2. The molecule has 0 radical (unpaired) electrons. The molecule has 4 rings (SSSR count). The summed E-state index contributed by atoms with van der Waals surface area (Å²) in [4.78, 5) is 27.5. The van der Waals surface area contributed by atoms with Gasteiger partial charge in [-0.1, -0.05) is 0 Å². The van der Waals surface area contributed by atoms with Crippen molar-refractivity contribution in [1.82, 2.24) is 4.57 Å². The van der Waals surface area contributed by atoms with Gasteiger partial charge in [0, 0.05) is 16.9 Å². The molecule has 0 atom stereocenters. The van der Waals surface area contributed by atoms with Crippen LogP contribution in [0.15, 0.2) is 22.7 Å². The van der Waals surface area contributed by atoms with Crippen molar-refractivity contribution in [2.75, 3.05) is 6.79 Å². The van der Waals surface area contributed by atoms with E-state index in [1.165, 1.54) is 6.08 Å². The van der Waals surface area contributed by atoms with Crippen LogP contribution in [0.5, 0.6) is 17.4 Å². The molecule has 10 heteroatoms. The predicted octanol–water partition coefficient (Wildman–Crippen LogP) is 0.822. The quantitative estimate of drug-likeness (QED) is 0.590. The number of carboxylic acids is 1. The van der Waals surface area contributed by atoms with Gasteiger partial charge in [0.25, 0.3) is 5.91 Å². The summed E-state index contributed by atoms with van der Waals surface area (Å²) in [5, 5.41) is 20.2. The molecular formula is C16H10N2O6S2. The molecule has 1 aromatic carbocycles. The molecule has 0 aliphatic carbocycles. The van der Waals surface area contributed by atoms with Crippen molar-refractivity contribution in [3.8, 4) is 17.4 Å². The Morgan fingerprint density at radius 2 is 2.12 bits per heavy atom. The molecule has 2 aliphatic heterocycles. The van der Waals surface area contributed by atoms with Crippen molar-refractivity contribution in [3.05, 3.63) is 37.1 Å². The van der Waals surface area contributed by atoms with Crippen molar-refractivity contribution in [2.45, 2.75) is 6.54 Å². The minimum absolute atomic E-state index is 0.114. The summed E-state index contributed by atoms with van der Waals surface area (Å²) in [5.41, 5.74) is 0.241. The lowest BCUT2D eigenvalue weighted by Gasteiger charge is -2.04. The summed E-state index contributed by atoms with van der Waals surface area (Å²) in [6.07, 6.45) is 3.06. The number of thiazole rings is 1. The molecule has 8 nitrogen and oxygen atoms in total. The minimum Gasteiger partial charge on any atom is -0.493 e. The van der Waals surface area contributed by atoms with Gasteiger partial charge in [-0.05, 0) is 30.4 Å². The standard InChI is InChI=1S/C16H10N2O6S2/c19-13(20)5-18-15(22)12(26-16(18)25)3-8-1-7-2-10-11(24-6-23-10)4-9(7)17-14(8)21/h1-4,22H,5-6H2,(H,19,20)/b8-3-. The Balaban J connectivity index is 1.81. The van der Waals surface area contributed by atoms with Gasteiger partial charge in [0.2, 0.25) is 12.7 Å². The van der Waals surface area contributed by atoms with Gasteiger partial charge >= 0.3 is 5.97 Å². The summed E-state index contributed by atoms with van der Waals surface area (Å²) >= 11 is 6.08. The van der Waals surface area contributed by atoms with E-state index in [1.807, 2.05) is 0 Å². The van der Waals surface area contributed by atoms with E-state index in [4.69, 9.17) is 26.8 Å².